The Morgan fingerprint density at radius 2 is 1.19 bits per heavy atom. The van der Waals surface area contributed by atoms with Gasteiger partial charge in [-0.3, -0.25) is 4.90 Å². The van der Waals surface area contributed by atoms with Crippen LogP contribution in [0.4, 0.5) is 0 Å². The molecule has 0 N–H and O–H groups in total. The van der Waals surface area contributed by atoms with Gasteiger partial charge >= 0.3 is 0 Å². The van der Waals surface area contributed by atoms with E-state index in [1.165, 1.54) is 42.6 Å². The number of likely N-dealkylation sites (tertiary alicyclic amines) is 1. The summed E-state index contributed by atoms with van der Waals surface area (Å²) in [5, 5.41) is 0. The molecular formula is C23H25N3. The molecule has 4 rings (SSSR count). The molecule has 1 saturated heterocycles. The Bertz CT molecular complexity index is 845. The van der Waals surface area contributed by atoms with Crippen molar-refractivity contribution in [1.82, 2.24) is 14.9 Å². The molecule has 1 aromatic heterocycles. The second-order valence-corrected chi connectivity index (χ2v) is 7.14. The summed E-state index contributed by atoms with van der Waals surface area (Å²) in [4.78, 5) is 11.1. The number of hydrogen-bond acceptors (Lipinski definition) is 3. The van der Waals surface area contributed by atoms with Gasteiger partial charge < -0.3 is 0 Å². The van der Waals surface area contributed by atoms with Gasteiger partial charge in [0.05, 0.1) is 0 Å². The van der Waals surface area contributed by atoms with E-state index >= 15 is 0 Å². The molecule has 1 aliphatic rings. The van der Waals surface area contributed by atoms with E-state index in [0.29, 0.717) is 6.04 Å². The fourth-order valence-corrected chi connectivity index (χ4v) is 3.69. The zero-order valence-electron chi connectivity index (χ0n) is 15.5. The summed E-state index contributed by atoms with van der Waals surface area (Å²) < 4.78 is 0. The van der Waals surface area contributed by atoms with Gasteiger partial charge in [-0.1, -0.05) is 48.5 Å². The van der Waals surface area contributed by atoms with Crippen molar-refractivity contribution in [2.24, 2.45) is 0 Å². The molecule has 0 bridgehead atoms. The Morgan fingerprint density at radius 1 is 0.731 bits per heavy atom. The average molecular weight is 343 g/mol. The first-order chi connectivity index (χ1) is 12.7. The van der Waals surface area contributed by atoms with Gasteiger partial charge in [0.2, 0.25) is 0 Å². The molecule has 1 atom stereocenters. The number of aromatic nitrogens is 2. The minimum atomic E-state index is 0.510. The summed E-state index contributed by atoms with van der Waals surface area (Å²) in [5.41, 5.74) is 6.10. The molecule has 2 aromatic carbocycles. The Balaban J connectivity index is 1.51. The molecule has 2 heterocycles. The van der Waals surface area contributed by atoms with Crippen molar-refractivity contribution < 1.29 is 0 Å². The highest BCUT2D eigenvalue weighted by Gasteiger charge is 2.19. The van der Waals surface area contributed by atoms with Crippen LogP contribution in [0.15, 0.2) is 60.9 Å². The van der Waals surface area contributed by atoms with Crippen LogP contribution in [0, 0.1) is 6.92 Å². The SMILES string of the molecule is Cc1ncc(-c2ccc(-c3ccc(C(C)N4CCCC4)cc3)cc2)cn1. The molecule has 1 unspecified atom stereocenters. The number of benzene rings is 2. The van der Waals surface area contributed by atoms with E-state index in [9.17, 15) is 0 Å². The minimum absolute atomic E-state index is 0.510. The summed E-state index contributed by atoms with van der Waals surface area (Å²) in [5.74, 6) is 0.800. The normalized spacial score (nSPS) is 15.9. The molecule has 0 saturated carbocycles. The van der Waals surface area contributed by atoms with Gasteiger partial charge in [-0.25, -0.2) is 9.97 Å². The van der Waals surface area contributed by atoms with Crippen molar-refractivity contribution in [3.63, 3.8) is 0 Å². The van der Waals surface area contributed by atoms with E-state index in [-0.39, 0.29) is 0 Å². The smallest absolute Gasteiger partial charge is 0.125 e. The molecule has 0 aliphatic carbocycles. The first kappa shape index (κ1) is 16.9. The number of hydrogen-bond donors (Lipinski definition) is 0. The molecule has 3 aromatic rings. The maximum Gasteiger partial charge on any atom is 0.125 e. The molecule has 26 heavy (non-hydrogen) atoms. The van der Waals surface area contributed by atoms with E-state index in [0.717, 1.165) is 17.0 Å². The van der Waals surface area contributed by atoms with E-state index in [1.807, 2.05) is 19.3 Å². The quantitative estimate of drug-likeness (QED) is 0.646. The van der Waals surface area contributed by atoms with E-state index in [1.54, 1.807) is 0 Å². The highest BCUT2D eigenvalue weighted by molar-refractivity contribution is 5.69. The van der Waals surface area contributed by atoms with Crippen LogP contribution in [0.5, 0.6) is 0 Å². The predicted octanol–water partition coefficient (Wildman–Crippen LogP) is 5.28. The lowest BCUT2D eigenvalue weighted by molar-refractivity contribution is 0.263. The van der Waals surface area contributed by atoms with Crippen LogP contribution < -0.4 is 0 Å². The van der Waals surface area contributed by atoms with Crippen molar-refractivity contribution >= 4 is 0 Å². The van der Waals surface area contributed by atoms with Crippen LogP contribution in [-0.2, 0) is 0 Å². The summed E-state index contributed by atoms with van der Waals surface area (Å²) in [6.45, 7) is 6.68. The summed E-state index contributed by atoms with van der Waals surface area (Å²) >= 11 is 0. The lowest BCUT2D eigenvalue weighted by Gasteiger charge is -2.24. The first-order valence-corrected chi connectivity index (χ1v) is 9.44. The maximum atomic E-state index is 4.28. The monoisotopic (exact) mass is 343 g/mol. The van der Waals surface area contributed by atoms with E-state index in [2.05, 4.69) is 70.3 Å². The van der Waals surface area contributed by atoms with Crippen LogP contribution >= 0.6 is 0 Å². The van der Waals surface area contributed by atoms with Gasteiger partial charge in [-0.2, -0.15) is 0 Å². The second-order valence-electron chi connectivity index (χ2n) is 7.14. The summed E-state index contributed by atoms with van der Waals surface area (Å²) in [7, 11) is 0. The molecular weight excluding hydrogens is 318 g/mol. The van der Waals surface area contributed by atoms with Crippen molar-refractivity contribution in [2.75, 3.05) is 13.1 Å². The minimum Gasteiger partial charge on any atom is -0.297 e. The van der Waals surface area contributed by atoms with Gasteiger partial charge in [0.1, 0.15) is 5.82 Å². The molecule has 3 heteroatoms. The highest BCUT2D eigenvalue weighted by Crippen LogP contribution is 2.28. The Labute approximate surface area is 155 Å². The standard InChI is InChI=1S/C23H25N3/c1-17(26-13-3-4-14-26)19-5-7-20(8-6-19)21-9-11-22(12-10-21)23-15-24-18(2)25-16-23/h5-12,15-17H,3-4,13-14H2,1-2H3. The zero-order chi connectivity index (χ0) is 17.9. The third-order valence-electron chi connectivity index (χ3n) is 5.41. The van der Waals surface area contributed by atoms with E-state index in [4.69, 9.17) is 0 Å². The predicted molar refractivity (Wildman–Crippen MR) is 107 cm³/mol. The van der Waals surface area contributed by atoms with E-state index < -0.39 is 0 Å². The lowest BCUT2D eigenvalue weighted by Crippen LogP contribution is -2.23. The maximum absolute atomic E-state index is 4.28. The van der Waals surface area contributed by atoms with Crippen LogP contribution in [0.3, 0.4) is 0 Å². The van der Waals surface area contributed by atoms with Gasteiger partial charge in [-0.15, -0.1) is 0 Å². The topological polar surface area (TPSA) is 29.0 Å². The number of aryl methyl sites for hydroxylation is 1. The first-order valence-electron chi connectivity index (χ1n) is 9.44. The van der Waals surface area contributed by atoms with Gasteiger partial charge in [0, 0.05) is 24.0 Å². The zero-order valence-corrected chi connectivity index (χ0v) is 15.5. The summed E-state index contributed by atoms with van der Waals surface area (Å²) in [6.07, 6.45) is 6.43. The Morgan fingerprint density at radius 3 is 1.73 bits per heavy atom. The fourth-order valence-electron chi connectivity index (χ4n) is 3.69. The Kier molecular flexibility index (Phi) is 4.81. The molecule has 3 nitrogen and oxygen atoms in total. The number of nitrogens with zero attached hydrogens (tertiary/aromatic N) is 3. The van der Waals surface area contributed by atoms with Crippen LogP contribution in [-0.4, -0.2) is 28.0 Å². The molecule has 0 amide bonds. The average Bonchev–Trinajstić information content (AvgIpc) is 3.23. The second kappa shape index (κ2) is 7.38. The highest BCUT2D eigenvalue weighted by atomic mass is 15.2. The fraction of sp³-hybridized carbons (Fsp3) is 0.304. The lowest BCUT2D eigenvalue weighted by atomic mass is 9.99. The van der Waals surface area contributed by atoms with Crippen molar-refractivity contribution in [3.05, 3.63) is 72.3 Å². The summed E-state index contributed by atoms with van der Waals surface area (Å²) in [6, 6.07) is 18.2. The van der Waals surface area contributed by atoms with Crippen molar-refractivity contribution in [1.29, 1.82) is 0 Å². The third-order valence-corrected chi connectivity index (χ3v) is 5.41. The van der Waals surface area contributed by atoms with Gasteiger partial charge in [-0.05, 0) is 62.0 Å². The third kappa shape index (κ3) is 3.54. The molecule has 132 valence electrons. The van der Waals surface area contributed by atoms with Crippen LogP contribution in [0.1, 0.15) is 37.2 Å². The molecule has 1 fully saturated rings. The van der Waals surface area contributed by atoms with Gasteiger partial charge in [0.25, 0.3) is 0 Å². The van der Waals surface area contributed by atoms with Gasteiger partial charge in [0.15, 0.2) is 0 Å². The van der Waals surface area contributed by atoms with Crippen molar-refractivity contribution in [3.8, 4) is 22.3 Å². The molecule has 0 radical (unpaired) electrons. The number of rotatable bonds is 4. The van der Waals surface area contributed by atoms with Crippen molar-refractivity contribution in [2.45, 2.75) is 32.7 Å². The molecule has 0 spiro atoms. The van der Waals surface area contributed by atoms with Crippen LogP contribution in [0.2, 0.25) is 0 Å². The largest absolute Gasteiger partial charge is 0.297 e. The Hall–Kier alpha value is -2.52. The molecule has 1 aliphatic heterocycles. The van der Waals surface area contributed by atoms with Crippen LogP contribution in [0.25, 0.3) is 22.3 Å².